The Balaban J connectivity index is 1.86. The fraction of sp³-hybridized carbons (Fsp3) is 0.615. The Hall–Kier alpha value is -0.690. The number of rotatable bonds is 6. The van der Waals surface area contributed by atoms with Gasteiger partial charge in [-0.05, 0) is 44.0 Å². The lowest BCUT2D eigenvalue weighted by Gasteiger charge is -2.20. The van der Waals surface area contributed by atoms with Crippen LogP contribution in [-0.4, -0.2) is 44.5 Å². The lowest BCUT2D eigenvalue weighted by atomic mass is 10.2. The number of nitrogens with zero attached hydrogens (tertiary/aromatic N) is 2. The molecule has 112 valence electrons. The van der Waals surface area contributed by atoms with Crippen LogP contribution in [0.15, 0.2) is 23.2 Å². The molecule has 0 spiro atoms. The van der Waals surface area contributed by atoms with E-state index in [4.69, 9.17) is 11.6 Å². The number of aromatic nitrogens is 1. The van der Waals surface area contributed by atoms with Crippen molar-refractivity contribution in [1.29, 1.82) is 0 Å². The van der Waals surface area contributed by atoms with Crippen LogP contribution >= 0.6 is 11.6 Å². The van der Waals surface area contributed by atoms with Gasteiger partial charge < -0.3 is 4.90 Å². The van der Waals surface area contributed by atoms with E-state index >= 15 is 0 Å². The van der Waals surface area contributed by atoms with Crippen molar-refractivity contribution >= 4 is 21.6 Å². The van der Waals surface area contributed by atoms with Crippen LogP contribution in [0.3, 0.4) is 0 Å². The zero-order chi connectivity index (χ0) is 14.6. The summed E-state index contributed by atoms with van der Waals surface area (Å²) in [5.41, 5.74) is 0. The van der Waals surface area contributed by atoms with Gasteiger partial charge in [-0.3, -0.25) is 0 Å². The minimum atomic E-state index is -3.50. The first-order chi connectivity index (χ1) is 9.47. The number of pyridine rings is 1. The van der Waals surface area contributed by atoms with Gasteiger partial charge in [0.15, 0.2) is 0 Å². The molecule has 1 aliphatic heterocycles. The van der Waals surface area contributed by atoms with Crippen molar-refractivity contribution in [2.24, 2.45) is 5.92 Å². The molecule has 1 aliphatic rings. The Morgan fingerprint density at radius 1 is 1.40 bits per heavy atom. The quantitative estimate of drug-likeness (QED) is 0.812. The molecule has 0 aliphatic carbocycles. The average molecular weight is 318 g/mol. The third kappa shape index (κ3) is 4.41. The summed E-state index contributed by atoms with van der Waals surface area (Å²) in [5.74, 6) is 0.281. The Morgan fingerprint density at radius 2 is 2.10 bits per heavy atom. The van der Waals surface area contributed by atoms with Crippen molar-refractivity contribution in [2.45, 2.75) is 24.7 Å². The molecule has 1 aromatic heterocycles. The van der Waals surface area contributed by atoms with Crippen molar-refractivity contribution in [3.8, 4) is 0 Å². The van der Waals surface area contributed by atoms with E-state index in [1.54, 1.807) is 0 Å². The van der Waals surface area contributed by atoms with Crippen LogP contribution in [0.2, 0.25) is 5.15 Å². The van der Waals surface area contributed by atoms with E-state index in [9.17, 15) is 8.42 Å². The van der Waals surface area contributed by atoms with Gasteiger partial charge in [0.2, 0.25) is 10.0 Å². The summed E-state index contributed by atoms with van der Waals surface area (Å²) in [5, 5.41) is 0.284. The molecule has 1 fully saturated rings. The predicted molar refractivity (Wildman–Crippen MR) is 79.3 cm³/mol. The summed E-state index contributed by atoms with van der Waals surface area (Å²) in [6.07, 6.45) is 3.76. The van der Waals surface area contributed by atoms with E-state index in [0.29, 0.717) is 6.54 Å². The maximum Gasteiger partial charge on any atom is 0.242 e. The first kappa shape index (κ1) is 15.7. The first-order valence-electron chi connectivity index (χ1n) is 6.81. The number of sulfonamides is 1. The molecule has 1 atom stereocenters. The Bertz CT molecular complexity index is 527. The van der Waals surface area contributed by atoms with Gasteiger partial charge in [-0.1, -0.05) is 18.5 Å². The number of nitrogens with one attached hydrogen (secondary N) is 1. The summed E-state index contributed by atoms with van der Waals surface area (Å²) in [6, 6.07) is 2.94. The standard InChI is InChI=1S/C13H20ClN3O2S/c1-11(10-17-6-2-3-7-17)8-16-20(18,19)12-4-5-13(14)15-9-12/h4-5,9,11,16H,2-3,6-8,10H2,1H3. The van der Waals surface area contributed by atoms with E-state index < -0.39 is 10.0 Å². The SMILES string of the molecule is CC(CNS(=O)(=O)c1ccc(Cl)nc1)CN1CCCC1. The van der Waals surface area contributed by atoms with E-state index in [1.807, 2.05) is 0 Å². The van der Waals surface area contributed by atoms with Crippen LogP contribution in [0.25, 0.3) is 0 Å². The minimum Gasteiger partial charge on any atom is -0.303 e. The zero-order valence-corrected chi connectivity index (χ0v) is 13.1. The van der Waals surface area contributed by atoms with Crippen LogP contribution in [0.4, 0.5) is 0 Å². The molecular weight excluding hydrogens is 298 g/mol. The minimum absolute atomic E-state index is 0.148. The number of halogens is 1. The molecule has 0 radical (unpaired) electrons. The molecule has 20 heavy (non-hydrogen) atoms. The topological polar surface area (TPSA) is 62.3 Å². The molecule has 1 N–H and O–H groups in total. The molecule has 0 saturated carbocycles. The second-order valence-corrected chi connectivity index (χ2v) is 7.44. The highest BCUT2D eigenvalue weighted by atomic mass is 35.5. The van der Waals surface area contributed by atoms with Crippen molar-refractivity contribution in [3.63, 3.8) is 0 Å². The smallest absolute Gasteiger partial charge is 0.242 e. The van der Waals surface area contributed by atoms with E-state index in [1.165, 1.54) is 31.2 Å². The van der Waals surface area contributed by atoms with Crippen molar-refractivity contribution in [3.05, 3.63) is 23.5 Å². The van der Waals surface area contributed by atoms with Gasteiger partial charge >= 0.3 is 0 Å². The van der Waals surface area contributed by atoms with Crippen LogP contribution in [-0.2, 0) is 10.0 Å². The van der Waals surface area contributed by atoms with Crippen molar-refractivity contribution in [2.75, 3.05) is 26.2 Å². The monoisotopic (exact) mass is 317 g/mol. The summed E-state index contributed by atoms with van der Waals surface area (Å²) in [6.45, 7) is 5.67. The molecule has 5 nitrogen and oxygen atoms in total. The second kappa shape index (κ2) is 6.85. The average Bonchev–Trinajstić information content (AvgIpc) is 2.90. The maximum absolute atomic E-state index is 12.1. The zero-order valence-electron chi connectivity index (χ0n) is 11.5. The predicted octanol–water partition coefficient (Wildman–Crippen LogP) is 1.75. The lowest BCUT2D eigenvalue weighted by Crippen LogP contribution is -2.34. The molecule has 0 amide bonds. The fourth-order valence-corrected chi connectivity index (χ4v) is 3.55. The number of likely N-dealkylation sites (tertiary alicyclic amines) is 1. The third-order valence-corrected chi connectivity index (χ3v) is 5.03. The van der Waals surface area contributed by atoms with Gasteiger partial charge in [0.1, 0.15) is 10.0 Å². The van der Waals surface area contributed by atoms with Gasteiger partial charge in [0.25, 0.3) is 0 Å². The highest BCUT2D eigenvalue weighted by Crippen LogP contribution is 2.12. The molecule has 7 heteroatoms. The Morgan fingerprint density at radius 3 is 2.70 bits per heavy atom. The van der Waals surface area contributed by atoms with E-state index in [2.05, 4.69) is 21.5 Å². The second-order valence-electron chi connectivity index (χ2n) is 5.28. The maximum atomic E-state index is 12.1. The van der Waals surface area contributed by atoms with Gasteiger partial charge in [-0.25, -0.2) is 18.1 Å². The highest BCUT2D eigenvalue weighted by molar-refractivity contribution is 7.89. The summed E-state index contributed by atoms with van der Waals surface area (Å²) < 4.78 is 26.8. The largest absolute Gasteiger partial charge is 0.303 e. The molecule has 0 bridgehead atoms. The van der Waals surface area contributed by atoms with Crippen molar-refractivity contribution < 1.29 is 8.42 Å². The molecule has 1 saturated heterocycles. The first-order valence-corrected chi connectivity index (χ1v) is 8.67. The van der Waals surface area contributed by atoms with Crippen LogP contribution in [0.1, 0.15) is 19.8 Å². The van der Waals surface area contributed by atoms with Crippen LogP contribution in [0, 0.1) is 5.92 Å². The van der Waals surface area contributed by atoms with Crippen LogP contribution < -0.4 is 4.72 Å². The number of hydrogen-bond donors (Lipinski definition) is 1. The molecule has 2 rings (SSSR count). The summed E-state index contributed by atoms with van der Waals surface area (Å²) in [7, 11) is -3.50. The molecule has 1 unspecified atom stereocenters. The van der Waals surface area contributed by atoms with Crippen LogP contribution in [0.5, 0.6) is 0 Å². The molecular formula is C13H20ClN3O2S. The van der Waals surface area contributed by atoms with E-state index in [-0.39, 0.29) is 16.0 Å². The van der Waals surface area contributed by atoms with Gasteiger partial charge in [-0.15, -0.1) is 0 Å². The lowest BCUT2D eigenvalue weighted by molar-refractivity contribution is 0.288. The fourth-order valence-electron chi connectivity index (χ4n) is 2.33. The van der Waals surface area contributed by atoms with Gasteiger partial charge in [0.05, 0.1) is 0 Å². The normalized spacial score (nSPS) is 18.3. The third-order valence-electron chi connectivity index (χ3n) is 3.40. The van der Waals surface area contributed by atoms with Gasteiger partial charge in [0, 0.05) is 19.3 Å². The van der Waals surface area contributed by atoms with E-state index in [0.717, 1.165) is 19.6 Å². The van der Waals surface area contributed by atoms with Crippen molar-refractivity contribution in [1.82, 2.24) is 14.6 Å². The Kier molecular flexibility index (Phi) is 5.37. The summed E-state index contributed by atoms with van der Waals surface area (Å²) in [4.78, 5) is 6.32. The molecule has 0 aromatic carbocycles. The molecule has 2 heterocycles. The highest BCUT2D eigenvalue weighted by Gasteiger charge is 2.18. The van der Waals surface area contributed by atoms with Gasteiger partial charge in [-0.2, -0.15) is 0 Å². The summed E-state index contributed by atoms with van der Waals surface area (Å²) >= 11 is 5.65. The Labute approximate surface area is 125 Å². The number of hydrogen-bond acceptors (Lipinski definition) is 4. The molecule has 1 aromatic rings.